The molecule has 5 nitrogen and oxygen atoms in total. The Morgan fingerprint density at radius 1 is 1.43 bits per heavy atom. The predicted molar refractivity (Wildman–Crippen MR) is 89.6 cm³/mol. The molecule has 0 aliphatic carbocycles. The molecule has 6 heteroatoms. The third kappa shape index (κ3) is 5.23. The van der Waals surface area contributed by atoms with E-state index in [4.69, 9.17) is 0 Å². The number of nitrogens with zero attached hydrogens (tertiary/aromatic N) is 2. The molecule has 0 bridgehead atoms. The van der Waals surface area contributed by atoms with Crippen LogP contribution in [-0.2, 0) is 11.3 Å². The lowest BCUT2D eigenvalue weighted by Gasteiger charge is -2.18. The molecule has 1 fully saturated rings. The zero-order valence-electron chi connectivity index (χ0n) is 13.8. The van der Waals surface area contributed by atoms with Crippen LogP contribution in [0.15, 0.2) is 29.3 Å². The van der Waals surface area contributed by atoms with Crippen molar-refractivity contribution in [1.29, 1.82) is 0 Å². The van der Waals surface area contributed by atoms with Crippen LogP contribution in [0.5, 0.6) is 0 Å². The van der Waals surface area contributed by atoms with Gasteiger partial charge in [0.1, 0.15) is 5.82 Å². The van der Waals surface area contributed by atoms with Crippen LogP contribution < -0.4 is 10.6 Å². The summed E-state index contributed by atoms with van der Waals surface area (Å²) in [6, 6.07) is 6.66. The van der Waals surface area contributed by atoms with Gasteiger partial charge in [-0.1, -0.05) is 19.1 Å². The Bertz CT molecular complexity index is 561. The molecule has 126 valence electrons. The topological polar surface area (TPSA) is 56.7 Å². The third-order valence-corrected chi connectivity index (χ3v) is 3.84. The van der Waals surface area contributed by atoms with Gasteiger partial charge in [-0.05, 0) is 31.0 Å². The first-order valence-electron chi connectivity index (χ1n) is 8.19. The van der Waals surface area contributed by atoms with Gasteiger partial charge in [0, 0.05) is 32.1 Å². The van der Waals surface area contributed by atoms with Crippen molar-refractivity contribution in [1.82, 2.24) is 15.5 Å². The van der Waals surface area contributed by atoms with Gasteiger partial charge in [-0.15, -0.1) is 0 Å². The molecule has 0 spiro atoms. The van der Waals surface area contributed by atoms with Crippen molar-refractivity contribution in [2.75, 3.05) is 19.6 Å². The fourth-order valence-corrected chi connectivity index (χ4v) is 2.65. The highest BCUT2D eigenvalue weighted by Crippen LogP contribution is 2.10. The van der Waals surface area contributed by atoms with Crippen molar-refractivity contribution in [3.8, 4) is 0 Å². The predicted octanol–water partition coefficient (Wildman–Crippen LogP) is 1.89. The molecule has 1 aliphatic heterocycles. The van der Waals surface area contributed by atoms with Gasteiger partial charge < -0.3 is 15.5 Å². The monoisotopic (exact) mass is 320 g/mol. The zero-order chi connectivity index (χ0) is 16.7. The summed E-state index contributed by atoms with van der Waals surface area (Å²) in [4.78, 5) is 18.1. The van der Waals surface area contributed by atoms with Gasteiger partial charge in [-0.3, -0.25) is 4.79 Å². The molecule has 1 aliphatic rings. The second kappa shape index (κ2) is 8.50. The molecule has 1 saturated heterocycles. The number of benzene rings is 1. The third-order valence-electron chi connectivity index (χ3n) is 3.84. The van der Waals surface area contributed by atoms with Crippen molar-refractivity contribution < 1.29 is 9.18 Å². The molecule has 1 aromatic carbocycles. The number of hydrogen-bond acceptors (Lipinski definition) is 2. The number of halogens is 1. The minimum atomic E-state index is -0.250. The van der Waals surface area contributed by atoms with E-state index in [-0.39, 0.29) is 17.8 Å². The Hall–Kier alpha value is -2.11. The molecule has 2 rings (SSSR count). The lowest BCUT2D eigenvalue weighted by Crippen LogP contribution is -2.45. The van der Waals surface area contributed by atoms with Gasteiger partial charge >= 0.3 is 0 Å². The van der Waals surface area contributed by atoms with Crippen LogP contribution in [0.1, 0.15) is 32.3 Å². The minimum Gasteiger partial charge on any atom is -0.357 e. The molecule has 1 amide bonds. The summed E-state index contributed by atoms with van der Waals surface area (Å²) in [5.41, 5.74) is 0.830. The van der Waals surface area contributed by atoms with E-state index in [1.807, 2.05) is 24.8 Å². The molecule has 0 radical (unpaired) electrons. The Labute approximate surface area is 137 Å². The van der Waals surface area contributed by atoms with Crippen LogP contribution in [0.4, 0.5) is 4.39 Å². The smallest absolute Gasteiger partial charge is 0.222 e. The quantitative estimate of drug-likeness (QED) is 0.643. The van der Waals surface area contributed by atoms with E-state index >= 15 is 0 Å². The van der Waals surface area contributed by atoms with Gasteiger partial charge in [-0.25, -0.2) is 9.38 Å². The number of amides is 1. The molecule has 1 aromatic rings. The molecule has 1 heterocycles. The van der Waals surface area contributed by atoms with Gasteiger partial charge in [0.2, 0.25) is 5.91 Å². The van der Waals surface area contributed by atoms with E-state index < -0.39 is 0 Å². The van der Waals surface area contributed by atoms with E-state index in [2.05, 4.69) is 15.6 Å². The van der Waals surface area contributed by atoms with Crippen molar-refractivity contribution in [3.63, 3.8) is 0 Å². The number of nitrogens with one attached hydrogen (secondary N) is 2. The first-order valence-corrected chi connectivity index (χ1v) is 8.19. The molecule has 1 atom stereocenters. The largest absolute Gasteiger partial charge is 0.357 e. The Morgan fingerprint density at radius 2 is 2.26 bits per heavy atom. The van der Waals surface area contributed by atoms with Crippen molar-refractivity contribution in [3.05, 3.63) is 35.6 Å². The van der Waals surface area contributed by atoms with Crippen LogP contribution in [0.2, 0.25) is 0 Å². The number of aliphatic imine (C=N–C) groups is 1. The van der Waals surface area contributed by atoms with Crippen LogP contribution >= 0.6 is 0 Å². The standard InChI is InChI=1S/C17H25FN4O/c1-3-16(23)22-9-8-15(12-22)21-17(19-4-2)20-11-13-6-5-7-14(18)10-13/h5-7,10,15H,3-4,8-9,11-12H2,1-2H3,(H2,19,20,21). The summed E-state index contributed by atoms with van der Waals surface area (Å²) in [5.74, 6) is 0.642. The second-order valence-corrected chi connectivity index (χ2v) is 5.65. The highest BCUT2D eigenvalue weighted by atomic mass is 19.1. The summed E-state index contributed by atoms with van der Waals surface area (Å²) in [6.45, 7) is 6.54. The minimum absolute atomic E-state index is 0.191. The number of rotatable bonds is 5. The Balaban J connectivity index is 1.93. The first-order chi connectivity index (χ1) is 11.1. The maximum Gasteiger partial charge on any atom is 0.222 e. The van der Waals surface area contributed by atoms with Crippen molar-refractivity contribution >= 4 is 11.9 Å². The highest BCUT2D eigenvalue weighted by molar-refractivity contribution is 5.80. The maximum atomic E-state index is 13.2. The fraction of sp³-hybridized carbons (Fsp3) is 0.529. The van der Waals surface area contributed by atoms with E-state index in [9.17, 15) is 9.18 Å². The highest BCUT2D eigenvalue weighted by Gasteiger charge is 2.25. The van der Waals surface area contributed by atoms with E-state index in [1.54, 1.807) is 6.07 Å². The van der Waals surface area contributed by atoms with Crippen molar-refractivity contribution in [2.45, 2.75) is 39.3 Å². The number of carbonyl (C=O) groups excluding carboxylic acids is 1. The van der Waals surface area contributed by atoms with E-state index in [0.717, 1.165) is 25.1 Å². The first kappa shape index (κ1) is 17.2. The number of hydrogen-bond donors (Lipinski definition) is 2. The normalized spacial score (nSPS) is 18.1. The summed E-state index contributed by atoms with van der Waals surface area (Å²) in [5, 5.41) is 6.56. The number of carbonyl (C=O) groups is 1. The molecular weight excluding hydrogens is 295 g/mol. The lowest BCUT2D eigenvalue weighted by atomic mass is 10.2. The van der Waals surface area contributed by atoms with E-state index in [1.165, 1.54) is 12.1 Å². The van der Waals surface area contributed by atoms with E-state index in [0.29, 0.717) is 25.5 Å². The maximum absolute atomic E-state index is 13.2. The molecule has 1 unspecified atom stereocenters. The molecule has 2 N–H and O–H groups in total. The average Bonchev–Trinajstić information content (AvgIpc) is 3.01. The Morgan fingerprint density at radius 3 is 2.96 bits per heavy atom. The van der Waals surface area contributed by atoms with Crippen molar-refractivity contribution in [2.24, 2.45) is 4.99 Å². The molecular formula is C17H25FN4O. The summed E-state index contributed by atoms with van der Waals surface area (Å²) >= 11 is 0. The zero-order valence-corrected chi connectivity index (χ0v) is 13.8. The summed E-state index contributed by atoms with van der Waals surface area (Å²) in [6.07, 6.45) is 1.45. The molecule has 0 aromatic heterocycles. The van der Waals surface area contributed by atoms with Crippen LogP contribution in [0.3, 0.4) is 0 Å². The molecule has 23 heavy (non-hydrogen) atoms. The SMILES string of the molecule is CCNC(=NCc1cccc(F)c1)NC1CCN(C(=O)CC)C1. The number of likely N-dealkylation sites (tertiary alicyclic amines) is 1. The van der Waals surface area contributed by atoms with Crippen LogP contribution in [0.25, 0.3) is 0 Å². The summed E-state index contributed by atoms with van der Waals surface area (Å²) in [7, 11) is 0. The van der Waals surface area contributed by atoms with Gasteiger partial charge in [0.15, 0.2) is 5.96 Å². The second-order valence-electron chi connectivity index (χ2n) is 5.65. The average molecular weight is 320 g/mol. The fourth-order valence-electron chi connectivity index (χ4n) is 2.65. The lowest BCUT2D eigenvalue weighted by molar-refractivity contribution is -0.129. The van der Waals surface area contributed by atoms with Crippen LogP contribution in [-0.4, -0.2) is 42.4 Å². The summed E-state index contributed by atoms with van der Waals surface area (Å²) < 4.78 is 13.2. The Kier molecular flexibility index (Phi) is 6.38. The van der Waals surface area contributed by atoms with Crippen LogP contribution in [0, 0.1) is 5.82 Å². The van der Waals surface area contributed by atoms with Gasteiger partial charge in [0.25, 0.3) is 0 Å². The van der Waals surface area contributed by atoms with Gasteiger partial charge in [-0.2, -0.15) is 0 Å². The molecule has 0 saturated carbocycles. The number of guanidine groups is 1. The van der Waals surface area contributed by atoms with Gasteiger partial charge in [0.05, 0.1) is 6.54 Å².